The van der Waals surface area contributed by atoms with Gasteiger partial charge in [0.15, 0.2) is 0 Å². The van der Waals surface area contributed by atoms with Crippen LogP contribution in [0.2, 0.25) is 5.02 Å². The summed E-state index contributed by atoms with van der Waals surface area (Å²) in [6, 6.07) is 7.59. The van der Waals surface area contributed by atoms with Crippen LogP contribution in [-0.2, 0) is 9.59 Å². The van der Waals surface area contributed by atoms with Crippen molar-refractivity contribution >= 4 is 46.7 Å². The molecule has 0 aromatic heterocycles. The number of amides is 1. The predicted molar refractivity (Wildman–Crippen MR) is 112 cm³/mol. The van der Waals surface area contributed by atoms with Gasteiger partial charge in [-0.1, -0.05) is 85.5 Å². The van der Waals surface area contributed by atoms with Crippen LogP contribution in [0.1, 0.15) is 76.3 Å². The van der Waals surface area contributed by atoms with Gasteiger partial charge in [-0.3, -0.25) is 4.79 Å². The fourth-order valence-electron chi connectivity index (χ4n) is 2.95. The molecule has 0 aliphatic heterocycles. The van der Waals surface area contributed by atoms with Crippen molar-refractivity contribution in [3.05, 3.63) is 34.9 Å². The minimum absolute atomic E-state index is 0.0105. The fourth-order valence-corrected chi connectivity index (χ4v) is 3.34. The largest absolute Gasteiger partial charge is 0.479 e. The van der Waals surface area contributed by atoms with Crippen LogP contribution in [0, 0.1) is 0 Å². The molecule has 0 aliphatic carbocycles. The maximum Gasteiger partial charge on any atom is 0.340 e. The maximum atomic E-state index is 11.4. The van der Waals surface area contributed by atoms with Crippen molar-refractivity contribution in [1.82, 2.24) is 5.32 Å². The van der Waals surface area contributed by atoms with Crippen LogP contribution in [0.15, 0.2) is 24.3 Å². The average molecular weight is 437 g/mol. The number of unbranched alkanes of at least 4 members (excludes halogenated alkanes) is 6. The molecular weight excluding hydrogens is 409 g/mol. The van der Waals surface area contributed by atoms with E-state index in [1.165, 1.54) is 6.92 Å². The zero-order valence-electron chi connectivity index (χ0n) is 15.6. The monoisotopic (exact) mass is 435 g/mol. The Balaban J connectivity index is 2.20. The molecule has 1 amide bonds. The van der Waals surface area contributed by atoms with Crippen molar-refractivity contribution in [3.63, 3.8) is 0 Å². The first-order valence-electron chi connectivity index (χ1n) is 9.36. The van der Waals surface area contributed by atoms with Crippen LogP contribution in [-0.4, -0.2) is 21.3 Å². The Labute approximate surface area is 176 Å². The van der Waals surface area contributed by atoms with Crippen LogP contribution in [0.25, 0.3) is 0 Å². The van der Waals surface area contributed by atoms with Gasteiger partial charge in [0.1, 0.15) is 0 Å². The molecule has 0 heterocycles. The molecule has 1 atom stereocenters. The van der Waals surface area contributed by atoms with Crippen LogP contribution in [0.3, 0.4) is 0 Å². The number of rotatable bonds is 13. The minimum atomic E-state index is -1.67. The van der Waals surface area contributed by atoms with Crippen molar-refractivity contribution in [2.75, 3.05) is 0 Å². The molecular formula is C20H28Cl3NO3. The molecule has 152 valence electrons. The van der Waals surface area contributed by atoms with Gasteiger partial charge in [-0.25, -0.2) is 4.79 Å². The number of carbonyl (C=O) groups is 2. The SMILES string of the molecule is CC(=O)NC(CCCCCCCCCC(Cl)(Cl)C(=O)O)c1ccc(Cl)cc1. The van der Waals surface area contributed by atoms with E-state index in [4.69, 9.17) is 39.9 Å². The third kappa shape index (κ3) is 10.2. The highest BCUT2D eigenvalue weighted by Crippen LogP contribution is 2.28. The Bertz CT molecular complexity index is 591. The summed E-state index contributed by atoms with van der Waals surface area (Å²) >= 11 is 17.3. The molecule has 0 spiro atoms. The molecule has 0 saturated carbocycles. The Hall–Kier alpha value is -0.970. The normalized spacial score (nSPS) is 12.6. The summed E-state index contributed by atoms with van der Waals surface area (Å²) in [6.07, 6.45) is 8.15. The predicted octanol–water partition coefficient (Wildman–Crippen LogP) is 6.29. The molecule has 7 heteroatoms. The first kappa shape index (κ1) is 24.1. The highest BCUT2D eigenvalue weighted by molar-refractivity contribution is 6.57. The van der Waals surface area contributed by atoms with E-state index in [9.17, 15) is 9.59 Å². The smallest absolute Gasteiger partial charge is 0.340 e. The summed E-state index contributed by atoms with van der Waals surface area (Å²) < 4.78 is -1.67. The number of nitrogens with one attached hydrogen (secondary N) is 1. The summed E-state index contributed by atoms with van der Waals surface area (Å²) in [5.74, 6) is -1.22. The molecule has 0 radical (unpaired) electrons. The maximum absolute atomic E-state index is 11.4. The Morgan fingerprint density at radius 3 is 2.04 bits per heavy atom. The van der Waals surface area contributed by atoms with E-state index in [1.54, 1.807) is 0 Å². The number of carbonyl (C=O) groups excluding carboxylic acids is 1. The molecule has 4 nitrogen and oxygen atoms in total. The summed E-state index contributed by atoms with van der Waals surface area (Å²) in [5, 5.41) is 12.5. The molecule has 0 aliphatic rings. The Morgan fingerprint density at radius 1 is 1.00 bits per heavy atom. The van der Waals surface area contributed by atoms with E-state index in [-0.39, 0.29) is 18.4 Å². The second-order valence-corrected chi connectivity index (χ2v) is 8.75. The molecule has 1 unspecified atom stereocenters. The van der Waals surface area contributed by atoms with Gasteiger partial charge in [0, 0.05) is 11.9 Å². The van der Waals surface area contributed by atoms with Crippen LogP contribution < -0.4 is 5.32 Å². The van der Waals surface area contributed by atoms with Crippen LogP contribution in [0.5, 0.6) is 0 Å². The first-order valence-corrected chi connectivity index (χ1v) is 10.5. The third-order valence-electron chi connectivity index (χ3n) is 4.45. The van der Waals surface area contributed by atoms with E-state index in [2.05, 4.69) is 5.32 Å². The highest BCUT2D eigenvalue weighted by Gasteiger charge is 2.32. The van der Waals surface area contributed by atoms with Gasteiger partial charge in [-0.05, 0) is 37.0 Å². The molecule has 0 bridgehead atoms. The van der Waals surface area contributed by atoms with Gasteiger partial charge in [0.05, 0.1) is 6.04 Å². The molecule has 0 fully saturated rings. The number of benzene rings is 1. The number of carboxylic acids is 1. The summed E-state index contributed by atoms with van der Waals surface area (Å²) in [7, 11) is 0. The second-order valence-electron chi connectivity index (χ2n) is 6.83. The van der Waals surface area contributed by atoms with Gasteiger partial charge < -0.3 is 10.4 Å². The lowest BCUT2D eigenvalue weighted by atomic mass is 9.99. The number of hydrogen-bond donors (Lipinski definition) is 2. The zero-order chi connectivity index (χ0) is 20.3. The molecule has 2 N–H and O–H groups in total. The number of aliphatic carboxylic acids is 1. The van der Waals surface area contributed by atoms with E-state index in [1.807, 2.05) is 24.3 Å². The highest BCUT2D eigenvalue weighted by atomic mass is 35.5. The second kappa shape index (κ2) is 12.5. The van der Waals surface area contributed by atoms with Crippen molar-refractivity contribution in [3.8, 4) is 0 Å². The Kier molecular flexibility index (Phi) is 11.1. The lowest BCUT2D eigenvalue weighted by molar-refractivity contribution is -0.138. The van der Waals surface area contributed by atoms with E-state index in [0.29, 0.717) is 11.4 Å². The number of alkyl halides is 2. The Morgan fingerprint density at radius 2 is 1.52 bits per heavy atom. The molecule has 27 heavy (non-hydrogen) atoms. The summed E-state index contributed by atoms with van der Waals surface area (Å²) in [5.41, 5.74) is 1.07. The van der Waals surface area contributed by atoms with Gasteiger partial charge in [-0.15, -0.1) is 0 Å². The third-order valence-corrected chi connectivity index (χ3v) is 5.40. The van der Waals surface area contributed by atoms with Crippen LogP contribution in [0.4, 0.5) is 0 Å². The molecule has 1 aromatic carbocycles. The van der Waals surface area contributed by atoms with Gasteiger partial charge in [0.25, 0.3) is 0 Å². The molecule has 0 saturated heterocycles. The lowest BCUT2D eigenvalue weighted by Gasteiger charge is -2.18. The molecule has 1 rings (SSSR count). The quantitative estimate of drug-likeness (QED) is 0.282. The number of halogens is 3. The average Bonchev–Trinajstić information content (AvgIpc) is 2.59. The fraction of sp³-hybridized carbons (Fsp3) is 0.600. The van der Waals surface area contributed by atoms with Crippen LogP contribution >= 0.6 is 34.8 Å². The number of carboxylic acid groups (broad SMARTS) is 1. The number of hydrogen-bond acceptors (Lipinski definition) is 2. The van der Waals surface area contributed by atoms with Gasteiger partial charge in [0.2, 0.25) is 10.2 Å². The lowest BCUT2D eigenvalue weighted by Crippen LogP contribution is -2.26. The van der Waals surface area contributed by atoms with E-state index in [0.717, 1.165) is 50.5 Å². The summed E-state index contributed by atoms with van der Waals surface area (Å²) in [6.45, 7) is 1.53. The van der Waals surface area contributed by atoms with Gasteiger partial charge in [-0.2, -0.15) is 0 Å². The molecule has 1 aromatic rings. The van der Waals surface area contributed by atoms with Crippen molar-refractivity contribution in [2.45, 2.75) is 75.1 Å². The van der Waals surface area contributed by atoms with Crippen molar-refractivity contribution in [1.29, 1.82) is 0 Å². The standard InChI is InChI=1S/C20H28Cl3NO3/c1-15(25)24-18(16-10-12-17(21)13-11-16)9-7-5-3-2-4-6-8-14-20(22,23)19(26)27/h10-13,18H,2-9,14H2,1H3,(H,24,25)(H,26,27). The van der Waals surface area contributed by atoms with Crippen molar-refractivity contribution < 1.29 is 14.7 Å². The van der Waals surface area contributed by atoms with Crippen molar-refractivity contribution in [2.24, 2.45) is 0 Å². The summed E-state index contributed by atoms with van der Waals surface area (Å²) in [4.78, 5) is 22.3. The van der Waals surface area contributed by atoms with E-state index >= 15 is 0 Å². The zero-order valence-corrected chi connectivity index (χ0v) is 17.9. The minimum Gasteiger partial charge on any atom is -0.479 e. The first-order chi connectivity index (χ1) is 12.7. The van der Waals surface area contributed by atoms with Gasteiger partial charge >= 0.3 is 5.97 Å². The van der Waals surface area contributed by atoms with E-state index < -0.39 is 10.3 Å². The topological polar surface area (TPSA) is 66.4 Å².